The molecular formula is C14H15BrClN3O. The highest BCUT2D eigenvalue weighted by Gasteiger charge is 2.11. The molecule has 0 spiro atoms. The quantitative estimate of drug-likeness (QED) is 0.869. The second-order valence-corrected chi connectivity index (χ2v) is 5.48. The molecule has 3 N–H and O–H groups in total. The Hall–Kier alpha value is -1.46. The summed E-state index contributed by atoms with van der Waals surface area (Å²) < 4.78 is 6.16. The fourth-order valence-electron chi connectivity index (χ4n) is 1.79. The van der Waals surface area contributed by atoms with E-state index >= 15 is 0 Å². The van der Waals surface area contributed by atoms with E-state index in [0.29, 0.717) is 17.3 Å². The van der Waals surface area contributed by atoms with Crippen molar-refractivity contribution < 1.29 is 4.74 Å². The van der Waals surface area contributed by atoms with Gasteiger partial charge in [0, 0.05) is 17.1 Å². The van der Waals surface area contributed by atoms with E-state index in [-0.39, 0.29) is 0 Å². The number of anilines is 2. The second-order valence-electron chi connectivity index (χ2n) is 4.28. The van der Waals surface area contributed by atoms with Crippen molar-refractivity contribution in [3.8, 4) is 5.75 Å². The molecule has 2 aromatic rings. The zero-order chi connectivity index (χ0) is 14.7. The Morgan fingerprint density at radius 3 is 2.90 bits per heavy atom. The lowest BCUT2D eigenvalue weighted by Gasteiger charge is -2.14. The third-order valence-corrected chi connectivity index (χ3v) is 4.36. The molecule has 1 heterocycles. The van der Waals surface area contributed by atoms with Crippen LogP contribution in [0.5, 0.6) is 5.75 Å². The summed E-state index contributed by atoms with van der Waals surface area (Å²) in [6.07, 6.45) is 1.63. The van der Waals surface area contributed by atoms with E-state index in [0.717, 1.165) is 27.2 Å². The molecule has 106 valence electrons. The van der Waals surface area contributed by atoms with Gasteiger partial charge in [0.1, 0.15) is 11.6 Å². The average molecular weight is 357 g/mol. The molecule has 0 atom stereocenters. The second kappa shape index (κ2) is 6.33. The number of ether oxygens (including phenoxy) is 1. The summed E-state index contributed by atoms with van der Waals surface area (Å²) in [4.78, 5) is 4.27. The van der Waals surface area contributed by atoms with Crippen LogP contribution in [0.2, 0.25) is 5.02 Å². The number of rotatable bonds is 4. The molecule has 0 saturated carbocycles. The van der Waals surface area contributed by atoms with Crippen LogP contribution in [0.3, 0.4) is 0 Å². The highest BCUT2D eigenvalue weighted by atomic mass is 79.9. The summed E-state index contributed by atoms with van der Waals surface area (Å²) in [6, 6.07) is 5.56. The van der Waals surface area contributed by atoms with Crippen molar-refractivity contribution >= 4 is 39.0 Å². The standard InChI is InChI=1S/C14H15BrClN3O/c1-8-11(17)7-19-14(13(8)15)18-6-9-10(16)4-3-5-12(9)20-2/h3-5,7H,6,17H2,1-2H3,(H,18,19). The molecule has 0 saturated heterocycles. The number of nitrogen functional groups attached to an aromatic ring is 1. The number of hydrogen-bond donors (Lipinski definition) is 2. The number of nitrogens with one attached hydrogen (secondary N) is 1. The average Bonchev–Trinajstić information content (AvgIpc) is 2.45. The number of pyridine rings is 1. The Labute approximate surface area is 131 Å². The fourth-order valence-corrected chi connectivity index (χ4v) is 2.49. The number of methoxy groups -OCH3 is 1. The Balaban J connectivity index is 2.24. The van der Waals surface area contributed by atoms with Gasteiger partial charge in [0.25, 0.3) is 0 Å². The molecule has 1 aromatic heterocycles. The van der Waals surface area contributed by atoms with Crippen LogP contribution in [0, 0.1) is 6.92 Å². The molecule has 0 unspecified atom stereocenters. The van der Waals surface area contributed by atoms with Crippen molar-refractivity contribution in [3.63, 3.8) is 0 Å². The summed E-state index contributed by atoms with van der Waals surface area (Å²) in [5, 5.41) is 3.89. The fraction of sp³-hybridized carbons (Fsp3) is 0.214. The number of hydrogen-bond acceptors (Lipinski definition) is 4. The minimum atomic E-state index is 0.512. The summed E-state index contributed by atoms with van der Waals surface area (Å²) in [6.45, 7) is 2.44. The van der Waals surface area contributed by atoms with Gasteiger partial charge in [0.15, 0.2) is 0 Å². The first kappa shape index (κ1) is 14.9. The minimum absolute atomic E-state index is 0.512. The van der Waals surface area contributed by atoms with Crippen molar-refractivity contribution in [3.05, 3.63) is 45.0 Å². The minimum Gasteiger partial charge on any atom is -0.496 e. The van der Waals surface area contributed by atoms with Crippen LogP contribution in [-0.2, 0) is 6.54 Å². The third kappa shape index (κ3) is 2.99. The number of benzene rings is 1. The SMILES string of the molecule is COc1cccc(Cl)c1CNc1ncc(N)c(C)c1Br. The monoisotopic (exact) mass is 355 g/mol. The maximum Gasteiger partial charge on any atom is 0.140 e. The summed E-state index contributed by atoms with van der Waals surface area (Å²) in [5.41, 5.74) is 8.30. The van der Waals surface area contributed by atoms with Crippen LogP contribution in [0.15, 0.2) is 28.9 Å². The first-order valence-corrected chi connectivity index (χ1v) is 7.17. The molecule has 0 aliphatic rings. The van der Waals surface area contributed by atoms with Gasteiger partial charge in [-0.15, -0.1) is 0 Å². The van der Waals surface area contributed by atoms with Crippen LogP contribution in [-0.4, -0.2) is 12.1 Å². The number of nitrogens with zero attached hydrogens (tertiary/aromatic N) is 1. The van der Waals surface area contributed by atoms with Crippen LogP contribution in [0.4, 0.5) is 11.5 Å². The lowest BCUT2D eigenvalue weighted by atomic mass is 10.2. The topological polar surface area (TPSA) is 60.2 Å². The van der Waals surface area contributed by atoms with Gasteiger partial charge in [-0.2, -0.15) is 0 Å². The van der Waals surface area contributed by atoms with E-state index < -0.39 is 0 Å². The number of nitrogens with two attached hydrogens (primary N) is 1. The molecule has 4 nitrogen and oxygen atoms in total. The zero-order valence-corrected chi connectivity index (χ0v) is 13.5. The first-order chi connectivity index (χ1) is 9.54. The summed E-state index contributed by atoms with van der Waals surface area (Å²) in [5.74, 6) is 1.46. The summed E-state index contributed by atoms with van der Waals surface area (Å²) in [7, 11) is 1.62. The highest BCUT2D eigenvalue weighted by molar-refractivity contribution is 9.10. The van der Waals surface area contributed by atoms with Gasteiger partial charge in [0.2, 0.25) is 0 Å². The molecule has 0 bridgehead atoms. The molecule has 0 aliphatic carbocycles. The molecule has 1 aromatic carbocycles. The maximum absolute atomic E-state index is 6.20. The maximum atomic E-state index is 6.20. The Morgan fingerprint density at radius 2 is 2.20 bits per heavy atom. The molecule has 0 aliphatic heterocycles. The van der Waals surface area contributed by atoms with Crippen LogP contribution in [0.1, 0.15) is 11.1 Å². The molecule has 0 fully saturated rings. The van der Waals surface area contributed by atoms with E-state index in [1.54, 1.807) is 13.3 Å². The van der Waals surface area contributed by atoms with Crippen molar-refractivity contribution in [1.82, 2.24) is 4.98 Å². The number of halogens is 2. The normalized spacial score (nSPS) is 10.4. The third-order valence-electron chi connectivity index (χ3n) is 3.03. The van der Waals surface area contributed by atoms with Crippen molar-refractivity contribution in [2.75, 3.05) is 18.2 Å². The van der Waals surface area contributed by atoms with Gasteiger partial charge >= 0.3 is 0 Å². The van der Waals surface area contributed by atoms with Crippen molar-refractivity contribution in [1.29, 1.82) is 0 Å². The molecule has 0 radical (unpaired) electrons. The lowest BCUT2D eigenvalue weighted by molar-refractivity contribution is 0.410. The predicted octanol–water partition coefficient (Wildman–Crippen LogP) is 4.01. The zero-order valence-electron chi connectivity index (χ0n) is 11.2. The van der Waals surface area contributed by atoms with Gasteiger partial charge in [-0.1, -0.05) is 17.7 Å². The molecular weight excluding hydrogens is 342 g/mol. The molecule has 2 rings (SSSR count). The van der Waals surface area contributed by atoms with Gasteiger partial charge in [-0.25, -0.2) is 4.98 Å². The molecule has 0 amide bonds. The highest BCUT2D eigenvalue weighted by Crippen LogP contribution is 2.30. The number of aromatic nitrogens is 1. The van der Waals surface area contributed by atoms with Gasteiger partial charge < -0.3 is 15.8 Å². The summed E-state index contributed by atoms with van der Waals surface area (Å²) >= 11 is 9.69. The smallest absolute Gasteiger partial charge is 0.140 e. The Bertz CT molecular complexity index is 634. The van der Waals surface area contributed by atoms with Crippen LogP contribution < -0.4 is 15.8 Å². The predicted molar refractivity (Wildman–Crippen MR) is 86.4 cm³/mol. The van der Waals surface area contributed by atoms with E-state index in [4.69, 9.17) is 22.1 Å². The van der Waals surface area contributed by atoms with E-state index in [1.807, 2.05) is 25.1 Å². The Morgan fingerprint density at radius 1 is 1.45 bits per heavy atom. The first-order valence-electron chi connectivity index (χ1n) is 6.00. The van der Waals surface area contributed by atoms with E-state index in [2.05, 4.69) is 26.2 Å². The lowest BCUT2D eigenvalue weighted by Crippen LogP contribution is -2.06. The Kier molecular flexibility index (Phi) is 4.73. The largest absolute Gasteiger partial charge is 0.496 e. The van der Waals surface area contributed by atoms with Gasteiger partial charge in [-0.3, -0.25) is 0 Å². The van der Waals surface area contributed by atoms with E-state index in [9.17, 15) is 0 Å². The molecule has 20 heavy (non-hydrogen) atoms. The van der Waals surface area contributed by atoms with Crippen molar-refractivity contribution in [2.24, 2.45) is 0 Å². The van der Waals surface area contributed by atoms with Crippen molar-refractivity contribution in [2.45, 2.75) is 13.5 Å². The van der Waals surface area contributed by atoms with Gasteiger partial charge in [0.05, 0.1) is 23.5 Å². The molecule has 6 heteroatoms. The van der Waals surface area contributed by atoms with Gasteiger partial charge in [-0.05, 0) is 40.5 Å². The van der Waals surface area contributed by atoms with Crippen LogP contribution >= 0.6 is 27.5 Å². The van der Waals surface area contributed by atoms with E-state index in [1.165, 1.54) is 0 Å². The van der Waals surface area contributed by atoms with Crippen LogP contribution in [0.25, 0.3) is 0 Å².